The summed E-state index contributed by atoms with van der Waals surface area (Å²) in [6, 6.07) is 20.0. The third-order valence-corrected chi connectivity index (χ3v) is 6.87. The van der Waals surface area contributed by atoms with Crippen molar-refractivity contribution in [1.29, 1.82) is 0 Å². The minimum atomic E-state index is -0.0294. The van der Waals surface area contributed by atoms with Gasteiger partial charge in [0.25, 0.3) is 0 Å². The Labute approximate surface area is 228 Å². The van der Waals surface area contributed by atoms with Gasteiger partial charge in [0.05, 0.1) is 0 Å². The zero-order chi connectivity index (χ0) is 27.2. The zero-order valence-electron chi connectivity index (χ0n) is 22.3. The maximum absolute atomic E-state index is 11.6. The summed E-state index contributed by atoms with van der Waals surface area (Å²) >= 11 is 0. The second kappa shape index (κ2) is 12.0. The third kappa shape index (κ3) is 6.21. The molecule has 1 aromatic heterocycles. The first-order chi connectivity index (χ1) is 19.0. The van der Waals surface area contributed by atoms with Crippen molar-refractivity contribution in [2.75, 3.05) is 33.8 Å². The lowest BCUT2D eigenvalue weighted by Crippen LogP contribution is -2.22. The molecule has 0 fully saturated rings. The number of fused-ring (bicyclic) bond motifs is 2. The molecule has 1 aliphatic carbocycles. The van der Waals surface area contributed by atoms with Gasteiger partial charge in [0, 0.05) is 33.3 Å². The molecule has 0 saturated heterocycles. The first-order valence-electron chi connectivity index (χ1n) is 13.2. The van der Waals surface area contributed by atoms with E-state index in [0.717, 1.165) is 63.9 Å². The number of carbonyl (C=O) groups is 1. The lowest BCUT2D eigenvalue weighted by Gasteiger charge is -2.17. The van der Waals surface area contributed by atoms with Crippen molar-refractivity contribution in [3.63, 3.8) is 0 Å². The number of nitrogens with one attached hydrogen (secondary N) is 1. The fraction of sp³-hybridized carbons (Fsp3) is 0.250. The van der Waals surface area contributed by atoms with Gasteiger partial charge in [-0.3, -0.25) is 4.79 Å². The van der Waals surface area contributed by atoms with Crippen LogP contribution in [-0.4, -0.2) is 54.7 Å². The van der Waals surface area contributed by atoms with Gasteiger partial charge in [-0.25, -0.2) is 4.98 Å². The van der Waals surface area contributed by atoms with Gasteiger partial charge in [0.15, 0.2) is 12.0 Å². The molecule has 3 aromatic carbocycles. The van der Waals surface area contributed by atoms with Gasteiger partial charge >= 0.3 is 0 Å². The average Bonchev–Trinajstić information content (AvgIpc) is 3.33. The largest absolute Gasteiger partial charge is 0.508 e. The topological polar surface area (TPSA) is 87.8 Å². The highest BCUT2D eigenvalue weighted by Gasteiger charge is 2.21. The normalized spacial score (nSPS) is 13.5. The van der Waals surface area contributed by atoms with Crippen molar-refractivity contribution in [2.24, 2.45) is 0 Å². The van der Waals surface area contributed by atoms with Gasteiger partial charge in [0.1, 0.15) is 23.6 Å². The van der Waals surface area contributed by atoms with Crippen molar-refractivity contribution in [3.05, 3.63) is 101 Å². The number of aromatic nitrogens is 1. The summed E-state index contributed by atoms with van der Waals surface area (Å²) in [6.07, 6.45) is 7.65. The van der Waals surface area contributed by atoms with E-state index < -0.39 is 0 Å². The maximum Gasteiger partial charge on any atom is 0.245 e. The first kappa shape index (κ1) is 26.3. The number of oxazole rings is 1. The predicted octanol–water partition coefficient (Wildman–Crippen LogP) is 5.44. The summed E-state index contributed by atoms with van der Waals surface area (Å²) in [5.74, 6) is 1.06. The summed E-state index contributed by atoms with van der Waals surface area (Å²) in [5.41, 5.74) is 8.54. The van der Waals surface area contributed by atoms with E-state index in [-0.39, 0.29) is 11.7 Å². The lowest BCUT2D eigenvalue weighted by molar-refractivity contribution is -0.123. The smallest absolute Gasteiger partial charge is 0.245 e. The van der Waals surface area contributed by atoms with E-state index in [4.69, 9.17) is 9.15 Å². The average molecular weight is 524 g/mol. The van der Waals surface area contributed by atoms with Gasteiger partial charge < -0.3 is 24.5 Å². The second-order valence-corrected chi connectivity index (χ2v) is 9.80. The molecule has 2 N–H and O–H groups in total. The lowest BCUT2D eigenvalue weighted by atomic mass is 9.87. The molecule has 5 rings (SSSR count). The summed E-state index contributed by atoms with van der Waals surface area (Å²) in [6.45, 7) is 1.79. The molecule has 0 radical (unpaired) electrons. The van der Waals surface area contributed by atoms with Gasteiger partial charge in [-0.15, -0.1) is 0 Å². The van der Waals surface area contributed by atoms with Gasteiger partial charge in [-0.05, 0) is 89.1 Å². The molecule has 7 nitrogen and oxygen atoms in total. The number of hydrogen-bond acceptors (Lipinski definition) is 6. The Kier molecular flexibility index (Phi) is 8.08. The van der Waals surface area contributed by atoms with E-state index in [9.17, 15) is 9.90 Å². The number of nitrogens with zero attached hydrogens (tertiary/aromatic N) is 2. The van der Waals surface area contributed by atoms with Crippen LogP contribution in [-0.2, 0) is 11.2 Å². The molecule has 4 aromatic rings. The summed E-state index contributed by atoms with van der Waals surface area (Å²) in [7, 11) is 3.46. The zero-order valence-corrected chi connectivity index (χ0v) is 22.3. The van der Waals surface area contributed by atoms with E-state index in [1.165, 1.54) is 16.9 Å². The van der Waals surface area contributed by atoms with E-state index in [0.29, 0.717) is 19.7 Å². The molecule has 7 heteroatoms. The number of amides is 1. The Hall–Kier alpha value is -4.36. The summed E-state index contributed by atoms with van der Waals surface area (Å²) in [5, 5.41) is 13.4. The Bertz CT molecular complexity index is 1520. The SMILES string of the molecule is CN(C)C(=O)/C=C/CNCCOc1ccc(C2=C(c3ccc4ocnc4c3)CCCc3cc(O)ccc32)cc1. The van der Waals surface area contributed by atoms with Crippen LogP contribution >= 0.6 is 0 Å². The molecule has 0 unspecified atom stereocenters. The van der Waals surface area contributed by atoms with Crippen molar-refractivity contribution in [2.45, 2.75) is 19.3 Å². The minimum Gasteiger partial charge on any atom is -0.508 e. The van der Waals surface area contributed by atoms with Crippen LogP contribution in [0.3, 0.4) is 0 Å². The molecule has 0 spiro atoms. The molecular weight excluding hydrogens is 490 g/mol. The molecule has 1 heterocycles. The Morgan fingerprint density at radius 3 is 2.72 bits per heavy atom. The number of ether oxygens (including phenoxy) is 1. The molecular formula is C32H33N3O4. The number of aromatic hydroxyl groups is 1. The number of aryl methyl sites for hydroxylation is 1. The predicted molar refractivity (Wildman–Crippen MR) is 154 cm³/mol. The molecule has 0 aliphatic heterocycles. The van der Waals surface area contributed by atoms with Crippen LogP contribution in [0.25, 0.3) is 22.2 Å². The van der Waals surface area contributed by atoms with Crippen molar-refractivity contribution >= 4 is 28.2 Å². The number of rotatable bonds is 9. The van der Waals surface area contributed by atoms with Crippen molar-refractivity contribution in [3.8, 4) is 11.5 Å². The quantitative estimate of drug-likeness (QED) is 0.224. The standard InChI is InChI=1S/C32H33N3O4/c1-35(2)31(37)7-4-16-33-17-18-38-26-12-8-22(9-13-26)32-27(24-10-15-30-29(20-24)34-21-39-30)6-3-5-23-19-25(36)11-14-28(23)32/h4,7-15,19-21,33,36H,3,5-6,16-18H2,1-2H3/b7-4+. The van der Waals surface area contributed by atoms with Crippen molar-refractivity contribution in [1.82, 2.24) is 15.2 Å². The molecule has 1 amide bonds. The fourth-order valence-corrected chi connectivity index (χ4v) is 4.89. The van der Waals surface area contributed by atoms with E-state index in [1.807, 2.05) is 36.4 Å². The Morgan fingerprint density at radius 2 is 1.90 bits per heavy atom. The highest BCUT2D eigenvalue weighted by molar-refractivity contribution is 6.01. The van der Waals surface area contributed by atoms with Crippen molar-refractivity contribution < 1.29 is 19.1 Å². The number of hydrogen-bond donors (Lipinski definition) is 2. The number of carbonyl (C=O) groups excluding carboxylic acids is 1. The van der Waals surface area contributed by atoms with Crippen LogP contribution in [0, 0.1) is 0 Å². The molecule has 200 valence electrons. The minimum absolute atomic E-state index is 0.0294. The van der Waals surface area contributed by atoms with Gasteiger partial charge in [-0.1, -0.05) is 30.3 Å². The van der Waals surface area contributed by atoms with Crippen LogP contribution in [0.1, 0.15) is 35.1 Å². The first-order valence-corrected chi connectivity index (χ1v) is 13.2. The number of likely N-dealkylation sites (N-methyl/N-ethyl adjacent to an activating group) is 1. The number of phenolic OH excluding ortho intramolecular Hbond substituents is 1. The van der Waals surface area contributed by atoms with Gasteiger partial charge in [0.2, 0.25) is 5.91 Å². The van der Waals surface area contributed by atoms with E-state index in [1.54, 1.807) is 26.2 Å². The highest BCUT2D eigenvalue weighted by Crippen LogP contribution is 2.41. The van der Waals surface area contributed by atoms with E-state index in [2.05, 4.69) is 34.6 Å². The molecule has 0 bridgehead atoms. The number of benzene rings is 3. The summed E-state index contributed by atoms with van der Waals surface area (Å²) < 4.78 is 11.4. The molecule has 0 saturated carbocycles. The fourth-order valence-electron chi connectivity index (χ4n) is 4.89. The van der Waals surface area contributed by atoms with Crippen LogP contribution in [0.5, 0.6) is 11.5 Å². The van der Waals surface area contributed by atoms with Crippen LogP contribution in [0.15, 0.2) is 83.6 Å². The third-order valence-electron chi connectivity index (χ3n) is 6.87. The highest BCUT2D eigenvalue weighted by atomic mass is 16.5. The second-order valence-electron chi connectivity index (χ2n) is 9.80. The monoisotopic (exact) mass is 523 g/mol. The maximum atomic E-state index is 11.6. The van der Waals surface area contributed by atoms with Crippen LogP contribution in [0.4, 0.5) is 0 Å². The van der Waals surface area contributed by atoms with Crippen LogP contribution < -0.4 is 10.1 Å². The molecule has 0 atom stereocenters. The van der Waals surface area contributed by atoms with E-state index >= 15 is 0 Å². The number of allylic oxidation sites excluding steroid dienone is 1. The molecule has 1 aliphatic rings. The summed E-state index contributed by atoms with van der Waals surface area (Å²) in [4.78, 5) is 17.5. The Morgan fingerprint density at radius 1 is 1.08 bits per heavy atom. The number of phenols is 1. The van der Waals surface area contributed by atoms with Crippen LogP contribution in [0.2, 0.25) is 0 Å². The van der Waals surface area contributed by atoms with Gasteiger partial charge in [-0.2, -0.15) is 0 Å². The Balaban J connectivity index is 1.36. The molecule has 39 heavy (non-hydrogen) atoms.